The lowest BCUT2D eigenvalue weighted by Gasteiger charge is -2.22. The Morgan fingerprint density at radius 1 is 1.21 bits per heavy atom. The molecule has 0 N–H and O–H groups in total. The molecule has 1 amide bonds. The summed E-state index contributed by atoms with van der Waals surface area (Å²) in [5.74, 6) is 0.767. The number of methoxy groups -OCH3 is 1. The van der Waals surface area contributed by atoms with Crippen LogP contribution in [-0.2, 0) is 14.8 Å². The second kappa shape index (κ2) is 6.90. The predicted molar refractivity (Wildman–Crippen MR) is 90.7 cm³/mol. The molecular formula is C16H21ClN2O4S. The number of amides is 1. The molecule has 0 bridgehead atoms. The van der Waals surface area contributed by atoms with Gasteiger partial charge in [0.15, 0.2) is 0 Å². The van der Waals surface area contributed by atoms with Gasteiger partial charge in [-0.15, -0.1) is 0 Å². The fourth-order valence-corrected chi connectivity index (χ4v) is 4.72. The largest absolute Gasteiger partial charge is 0.495 e. The minimum atomic E-state index is -3.63. The fraction of sp³-hybridized carbons (Fsp3) is 0.562. The third kappa shape index (κ3) is 3.53. The summed E-state index contributed by atoms with van der Waals surface area (Å²) in [5, 5.41) is 0.263. The molecule has 8 heteroatoms. The topological polar surface area (TPSA) is 66.9 Å². The molecule has 6 nitrogen and oxygen atoms in total. The Morgan fingerprint density at radius 2 is 1.96 bits per heavy atom. The molecule has 132 valence electrons. The van der Waals surface area contributed by atoms with Crippen LogP contribution in [0.2, 0.25) is 5.02 Å². The van der Waals surface area contributed by atoms with Gasteiger partial charge < -0.3 is 9.64 Å². The highest BCUT2D eigenvalue weighted by Gasteiger charge is 2.35. The standard InChI is InChI=1S/C16H21ClN2O4S/c1-23-15-6-5-13(11-14(15)17)24(21,22)19-8-2-7-18(9-10-19)16(20)12-3-4-12/h5-6,11-12H,2-4,7-10H2,1H3. The van der Waals surface area contributed by atoms with Gasteiger partial charge in [-0.2, -0.15) is 4.31 Å². The number of ether oxygens (including phenoxy) is 1. The molecule has 1 aliphatic heterocycles. The fourth-order valence-electron chi connectivity index (χ4n) is 2.90. The number of hydrogen-bond donors (Lipinski definition) is 0. The van der Waals surface area contributed by atoms with Crippen molar-refractivity contribution in [1.29, 1.82) is 0 Å². The average molecular weight is 373 g/mol. The maximum Gasteiger partial charge on any atom is 0.243 e. The quantitative estimate of drug-likeness (QED) is 0.810. The summed E-state index contributed by atoms with van der Waals surface area (Å²) in [4.78, 5) is 14.1. The Hall–Kier alpha value is -1.31. The molecule has 1 aliphatic carbocycles. The summed E-state index contributed by atoms with van der Waals surface area (Å²) in [6, 6.07) is 4.46. The molecule has 1 aromatic carbocycles. The maximum absolute atomic E-state index is 12.8. The number of hydrogen-bond acceptors (Lipinski definition) is 4. The summed E-state index contributed by atoms with van der Waals surface area (Å²) >= 11 is 6.05. The van der Waals surface area contributed by atoms with Crippen molar-refractivity contribution in [3.8, 4) is 5.75 Å². The first-order chi connectivity index (χ1) is 11.4. The smallest absolute Gasteiger partial charge is 0.243 e. The van der Waals surface area contributed by atoms with E-state index >= 15 is 0 Å². The van der Waals surface area contributed by atoms with E-state index in [-0.39, 0.29) is 21.7 Å². The van der Waals surface area contributed by atoms with Crippen LogP contribution in [0.25, 0.3) is 0 Å². The van der Waals surface area contributed by atoms with Gasteiger partial charge >= 0.3 is 0 Å². The molecule has 3 rings (SSSR count). The highest BCUT2D eigenvalue weighted by molar-refractivity contribution is 7.89. The molecule has 24 heavy (non-hydrogen) atoms. The minimum Gasteiger partial charge on any atom is -0.495 e. The Balaban J connectivity index is 1.74. The number of nitrogens with zero attached hydrogens (tertiary/aromatic N) is 2. The molecule has 1 saturated carbocycles. The van der Waals surface area contributed by atoms with Crippen LogP contribution < -0.4 is 4.74 Å². The Labute approximate surface area is 147 Å². The Morgan fingerprint density at radius 3 is 2.58 bits per heavy atom. The molecular weight excluding hydrogens is 352 g/mol. The Kier molecular flexibility index (Phi) is 5.03. The number of halogens is 1. The third-order valence-electron chi connectivity index (χ3n) is 4.45. The van der Waals surface area contributed by atoms with E-state index in [9.17, 15) is 13.2 Å². The number of carbonyl (C=O) groups is 1. The van der Waals surface area contributed by atoms with E-state index in [2.05, 4.69) is 0 Å². The van der Waals surface area contributed by atoms with Gasteiger partial charge in [0.2, 0.25) is 15.9 Å². The van der Waals surface area contributed by atoms with Crippen molar-refractivity contribution < 1.29 is 17.9 Å². The zero-order valence-electron chi connectivity index (χ0n) is 13.6. The normalized spacial score (nSPS) is 19.8. The van der Waals surface area contributed by atoms with Crippen LogP contribution in [-0.4, -0.2) is 56.8 Å². The van der Waals surface area contributed by atoms with Crippen LogP contribution in [0.15, 0.2) is 23.1 Å². The first-order valence-electron chi connectivity index (χ1n) is 8.06. The molecule has 1 heterocycles. The summed E-state index contributed by atoms with van der Waals surface area (Å²) in [6.07, 6.45) is 2.56. The first-order valence-corrected chi connectivity index (χ1v) is 9.88. The monoisotopic (exact) mass is 372 g/mol. The molecule has 1 saturated heterocycles. The van der Waals surface area contributed by atoms with Crippen LogP contribution in [0.3, 0.4) is 0 Å². The van der Waals surface area contributed by atoms with E-state index in [1.54, 1.807) is 11.0 Å². The van der Waals surface area contributed by atoms with Crippen molar-refractivity contribution in [2.24, 2.45) is 5.92 Å². The van der Waals surface area contributed by atoms with Gasteiger partial charge in [0.25, 0.3) is 0 Å². The average Bonchev–Trinajstić information content (AvgIpc) is 3.40. The Bertz CT molecular complexity index is 734. The molecule has 1 aromatic rings. The molecule has 2 aliphatic rings. The van der Waals surface area contributed by atoms with Crippen molar-refractivity contribution in [2.45, 2.75) is 24.2 Å². The lowest BCUT2D eigenvalue weighted by atomic mass is 10.3. The van der Waals surface area contributed by atoms with E-state index in [4.69, 9.17) is 16.3 Å². The second-order valence-electron chi connectivity index (χ2n) is 6.15. The zero-order chi connectivity index (χ0) is 17.3. The van der Waals surface area contributed by atoms with Gasteiger partial charge in [0.05, 0.1) is 17.0 Å². The molecule has 2 fully saturated rings. The van der Waals surface area contributed by atoms with Crippen LogP contribution in [0, 0.1) is 5.92 Å². The molecule has 0 atom stereocenters. The van der Waals surface area contributed by atoms with Crippen LogP contribution in [0.4, 0.5) is 0 Å². The summed E-state index contributed by atoms with van der Waals surface area (Å²) in [7, 11) is -2.15. The molecule has 0 radical (unpaired) electrons. The van der Waals surface area contributed by atoms with Crippen molar-refractivity contribution in [2.75, 3.05) is 33.3 Å². The lowest BCUT2D eigenvalue weighted by Crippen LogP contribution is -2.37. The van der Waals surface area contributed by atoms with Crippen molar-refractivity contribution in [3.05, 3.63) is 23.2 Å². The predicted octanol–water partition coefficient (Wildman–Crippen LogP) is 1.98. The SMILES string of the molecule is COc1ccc(S(=O)(=O)N2CCCN(C(=O)C3CC3)CC2)cc1Cl. The number of carbonyl (C=O) groups excluding carboxylic acids is 1. The summed E-state index contributed by atoms with van der Waals surface area (Å²) in [5.41, 5.74) is 0. The first kappa shape index (κ1) is 17.5. The zero-order valence-corrected chi connectivity index (χ0v) is 15.1. The third-order valence-corrected chi connectivity index (χ3v) is 6.64. The highest BCUT2D eigenvalue weighted by atomic mass is 35.5. The second-order valence-corrected chi connectivity index (χ2v) is 8.50. The van der Waals surface area contributed by atoms with Gasteiger partial charge in [0, 0.05) is 32.1 Å². The number of benzene rings is 1. The maximum atomic E-state index is 12.8. The van der Waals surface area contributed by atoms with E-state index < -0.39 is 10.0 Å². The van der Waals surface area contributed by atoms with Gasteiger partial charge in [-0.1, -0.05) is 11.6 Å². The van der Waals surface area contributed by atoms with Gasteiger partial charge in [-0.05, 0) is 37.5 Å². The number of sulfonamides is 1. The van der Waals surface area contributed by atoms with E-state index in [1.807, 2.05) is 0 Å². The van der Waals surface area contributed by atoms with Gasteiger partial charge in [0.1, 0.15) is 5.75 Å². The van der Waals surface area contributed by atoms with E-state index in [1.165, 1.54) is 23.5 Å². The summed E-state index contributed by atoms with van der Waals surface area (Å²) < 4.78 is 32.2. The van der Waals surface area contributed by atoms with Crippen LogP contribution >= 0.6 is 11.6 Å². The van der Waals surface area contributed by atoms with E-state index in [0.717, 1.165) is 12.8 Å². The van der Waals surface area contributed by atoms with E-state index in [0.29, 0.717) is 38.3 Å². The van der Waals surface area contributed by atoms with Gasteiger partial charge in [-0.3, -0.25) is 4.79 Å². The van der Waals surface area contributed by atoms with Crippen LogP contribution in [0.1, 0.15) is 19.3 Å². The number of rotatable bonds is 4. The van der Waals surface area contributed by atoms with Gasteiger partial charge in [-0.25, -0.2) is 8.42 Å². The van der Waals surface area contributed by atoms with Crippen molar-refractivity contribution >= 4 is 27.5 Å². The van der Waals surface area contributed by atoms with Crippen LogP contribution in [0.5, 0.6) is 5.75 Å². The van der Waals surface area contributed by atoms with Crippen molar-refractivity contribution in [3.63, 3.8) is 0 Å². The lowest BCUT2D eigenvalue weighted by molar-refractivity contribution is -0.132. The molecule has 0 unspecified atom stereocenters. The highest BCUT2D eigenvalue weighted by Crippen LogP contribution is 2.32. The van der Waals surface area contributed by atoms with Crippen molar-refractivity contribution in [1.82, 2.24) is 9.21 Å². The minimum absolute atomic E-state index is 0.148. The molecule has 0 spiro atoms. The summed E-state index contributed by atoms with van der Waals surface area (Å²) in [6.45, 7) is 1.77. The molecule has 0 aromatic heterocycles.